The molecule has 0 aliphatic carbocycles. The topological polar surface area (TPSA) is 54.9 Å². The van der Waals surface area contributed by atoms with E-state index in [4.69, 9.17) is 0 Å². The molecule has 0 radical (unpaired) electrons. The van der Waals surface area contributed by atoms with E-state index in [1.54, 1.807) is 0 Å². The summed E-state index contributed by atoms with van der Waals surface area (Å²) in [6.07, 6.45) is -9.35. The molecular weight excluding hydrogens is 336 g/mol. The molecule has 1 N–H and O–H groups in total. The Hall–Kier alpha value is -2.17. The molecule has 11 heteroatoms. The maximum atomic E-state index is 12.5. The zero-order chi connectivity index (χ0) is 16.5. The highest BCUT2D eigenvalue weighted by Gasteiger charge is 2.36. The molecule has 0 spiro atoms. The van der Waals surface area contributed by atoms with E-state index in [1.807, 2.05) is 5.32 Å². The minimum Gasteiger partial charge on any atom is -0.296 e. The maximum absolute atomic E-state index is 12.5. The first-order valence-electron chi connectivity index (χ1n) is 5.46. The van der Waals surface area contributed by atoms with Crippen LogP contribution in [0.4, 0.5) is 31.5 Å². The molecule has 4 nitrogen and oxygen atoms in total. The fourth-order valence-corrected chi connectivity index (χ4v) is 2.00. The predicted molar refractivity (Wildman–Crippen MR) is 64.3 cm³/mol. The van der Waals surface area contributed by atoms with Crippen molar-refractivity contribution in [3.8, 4) is 0 Å². The van der Waals surface area contributed by atoms with Crippen molar-refractivity contribution in [2.75, 3.05) is 5.32 Å². The SMILES string of the molecule is O=C(Nc1nnc(C(F)(F)F)s1)c1cccc(C(F)(F)F)c1. The summed E-state index contributed by atoms with van der Waals surface area (Å²) < 4.78 is 74.5. The molecule has 2 rings (SSSR count). The number of amides is 1. The first-order valence-corrected chi connectivity index (χ1v) is 6.28. The molecule has 0 bridgehead atoms. The van der Waals surface area contributed by atoms with Gasteiger partial charge in [0.05, 0.1) is 5.56 Å². The van der Waals surface area contributed by atoms with Gasteiger partial charge in [0.25, 0.3) is 5.91 Å². The van der Waals surface area contributed by atoms with Crippen molar-refractivity contribution >= 4 is 22.4 Å². The molecular formula is C11H5F6N3OS. The molecule has 1 amide bonds. The molecule has 0 unspecified atom stereocenters. The summed E-state index contributed by atoms with van der Waals surface area (Å²) in [6, 6.07) is 3.46. The standard InChI is InChI=1S/C11H5F6N3OS/c12-10(13,14)6-3-1-2-5(4-6)7(21)18-9-20-19-8(22-9)11(15,16)17/h1-4H,(H,18,20,21). The lowest BCUT2D eigenvalue weighted by molar-refractivity contribution is -0.138. The van der Waals surface area contributed by atoms with Gasteiger partial charge in [-0.15, -0.1) is 10.2 Å². The molecule has 2 aromatic rings. The number of benzene rings is 1. The molecule has 1 aromatic heterocycles. The first kappa shape index (κ1) is 16.2. The number of carbonyl (C=O) groups excluding carboxylic acids is 1. The highest BCUT2D eigenvalue weighted by Crippen LogP contribution is 2.33. The van der Waals surface area contributed by atoms with Gasteiger partial charge in [-0.2, -0.15) is 26.3 Å². The van der Waals surface area contributed by atoms with Crippen LogP contribution in [0, 0.1) is 0 Å². The zero-order valence-corrected chi connectivity index (χ0v) is 11.1. The quantitative estimate of drug-likeness (QED) is 0.845. The van der Waals surface area contributed by atoms with Crippen molar-refractivity contribution in [2.24, 2.45) is 0 Å². The zero-order valence-electron chi connectivity index (χ0n) is 10.3. The fraction of sp³-hybridized carbons (Fsp3) is 0.182. The summed E-state index contributed by atoms with van der Waals surface area (Å²) >= 11 is 0.0712. The van der Waals surface area contributed by atoms with Gasteiger partial charge in [-0.25, -0.2) is 0 Å². The summed E-state index contributed by atoms with van der Waals surface area (Å²) in [6.45, 7) is 0. The Kier molecular flexibility index (Phi) is 4.09. The lowest BCUT2D eigenvalue weighted by Gasteiger charge is -2.08. The average Bonchev–Trinajstić information content (AvgIpc) is 2.86. The Bertz CT molecular complexity index is 694. The molecule has 22 heavy (non-hydrogen) atoms. The largest absolute Gasteiger partial charge is 0.445 e. The number of nitrogens with zero attached hydrogens (tertiary/aromatic N) is 2. The van der Waals surface area contributed by atoms with Gasteiger partial charge in [-0.3, -0.25) is 10.1 Å². The van der Waals surface area contributed by atoms with Crippen molar-refractivity contribution in [3.63, 3.8) is 0 Å². The third-order valence-corrected chi connectivity index (χ3v) is 3.22. The van der Waals surface area contributed by atoms with Crippen LogP contribution in [0.3, 0.4) is 0 Å². The number of halogens is 6. The number of carbonyl (C=O) groups is 1. The van der Waals surface area contributed by atoms with Crippen LogP contribution >= 0.6 is 11.3 Å². The molecule has 0 fully saturated rings. The van der Waals surface area contributed by atoms with Crippen molar-refractivity contribution in [3.05, 3.63) is 40.4 Å². The number of aromatic nitrogens is 2. The summed E-state index contributed by atoms with van der Waals surface area (Å²) in [5.74, 6) is -1.02. The molecule has 0 saturated carbocycles. The van der Waals surface area contributed by atoms with Gasteiger partial charge in [0, 0.05) is 5.56 Å². The smallest absolute Gasteiger partial charge is 0.296 e. The normalized spacial score (nSPS) is 12.3. The predicted octanol–water partition coefficient (Wildman–Crippen LogP) is 3.83. The molecule has 1 heterocycles. The molecule has 118 valence electrons. The summed E-state index contributed by atoms with van der Waals surface area (Å²) in [4.78, 5) is 11.7. The van der Waals surface area contributed by atoms with E-state index in [9.17, 15) is 31.1 Å². The van der Waals surface area contributed by atoms with Crippen LogP contribution in [-0.2, 0) is 12.4 Å². The van der Waals surface area contributed by atoms with Gasteiger partial charge < -0.3 is 0 Å². The van der Waals surface area contributed by atoms with E-state index in [-0.39, 0.29) is 16.9 Å². The Morgan fingerprint density at radius 3 is 2.27 bits per heavy atom. The Balaban J connectivity index is 2.18. The number of hydrogen-bond donors (Lipinski definition) is 1. The minimum atomic E-state index is -4.71. The van der Waals surface area contributed by atoms with Crippen LogP contribution in [-0.4, -0.2) is 16.1 Å². The van der Waals surface area contributed by atoms with E-state index in [1.165, 1.54) is 0 Å². The minimum absolute atomic E-state index is 0.0712. The van der Waals surface area contributed by atoms with Crippen LogP contribution in [0.1, 0.15) is 20.9 Å². The maximum Gasteiger partial charge on any atom is 0.445 e. The van der Waals surface area contributed by atoms with Crippen molar-refractivity contribution in [1.29, 1.82) is 0 Å². The van der Waals surface area contributed by atoms with Crippen molar-refractivity contribution in [1.82, 2.24) is 10.2 Å². The van der Waals surface area contributed by atoms with Gasteiger partial charge in [-0.1, -0.05) is 17.4 Å². The summed E-state index contributed by atoms with van der Waals surface area (Å²) in [7, 11) is 0. The van der Waals surface area contributed by atoms with Gasteiger partial charge >= 0.3 is 12.4 Å². The summed E-state index contributed by atoms with van der Waals surface area (Å²) in [5, 5.41) is 6.19. The third kappa shape index (κ3) is 3.72. The molecule has 0 aliphatic heterocycles. The highest BCUT2D eigenvalue weighted by atomic mass is 32.1. The summed E-state index contributed by atoms with van der Waals surface area (Å²) in [5.41, 5.74) is -1.41. The van der Waals surface area contributed by atoms with Crippen LogP contribution in [0.2, 0.25) is 0 Å². The van der Waals surface area contributed by atoms with Gasteiger partial charge in [0.1, 0.15) is 0 Å². The van der Waals surface area contributed by atoms with Crippen LogP contribution < -0.4 is 5.32 Å². The lowest BCUT2D eigenvalue weighted by Crippen LogP contribution is -2.13. The van der Waals surface area contributed by atoms with Crippen LogP contribution in [0.5, 0.6) is 0 Å². The monoisotopic (exact) mass is 341 g/mol. The van der Waals surface area contributed by atoms with Gasteiger partial charge in [0.2, 0.25) is 10.1 Å². The second-order valence-electron chi connectivity index (χ2n) is 3.94. The number of anilines is 1. The first-order chi connectivity index (χ1) is 10.1. The number of rotatable bonds is 2. The van der Waals surface area contributed by atoms with Gasteiger partial charge in [0.15, 0.2) is 0 Å². The Labute approximate surface area is 122 Å². The van der Waals surface area contributed by atoms with Crippen molar-refractivity contribution < 1.29 is 31.1 Å². The van der Waals surface area contributed by atoms with Crippen LogP contribution in [0.15, 0.2) is 24.3 Å². The average molecular weight is 341 g/mol. The fourth-order valence-electron chi connectivity index (χ4n) is 1.39. The van der Waals surface area contributed by atoms with Gasteiger partial charge in [-0.05, 0) is 18.2 Å². The molecule has 0 saturated heterocycles. The number of hydrogen-bond acceptors (Lipinski definition) is 4. The lowest BCUT2D eigenvalue weighted by atomic mass is 10.1. The van der Waals surface area contributed by atoms with E-state index in [2.05, 4.69) is 10.2 Å². The number of alkyl halides is 6. The second-order valence-corrected chi connectivity index (χ2v) is 4.92. The van der Waals surface area contributed by atoms with Crippen molar-refractivity contribution in [2.45, 2.75) is 12.4 Å². The molecule has 1 aromatic carbocycles. The second kappa shape index (κ2) is 5.55. The highest BCUT2D eigenvalue weighted by molar-refractivity contribution is 7.15. The molecule has 0 aliphatic rings. The van der Waals surface area contributed by atoms with E-state index >= 15 is 0 Å². The van der Waals surface area contributed by atoms with E-state index < -0.39 is 34.0 Å². The number of nitrogens with one attached hydrogen (secondary N) is 1. The molecule has 0 atom stereocenters. The van der Waals surface area contributed by atoms with Crippen LogP contribution in [0.25, 0.3) is 0 Å². The Morgan fingerprint density at radius 2 is 1.73 bits per heavy atom. The van der Waals surface area contributed by atoms with E-state index in [0.29, 0.717) is 6.07 Å². The Morgan fingerprint density at radius 1 is 1.05 bits per heavy atom. The van der Waals surface area contributed by atoms with E-state index in [0.717, 1.165) is 18.2 Å². The third-order valence-electron chi connectivity index (χ3n) is 2.34.